The number of urea groups is 1. The van der Waals surface area contributed by atoms with E-state index in [2.05, 4.69) is 5.32 Å². The second-order valence-electron chi connectivity index (χ2n) is 4.19. The highest BCUT2D eigenvalue weighted by Gasteiger charge is 2.32. The lowest BCUT2D eigenvalue weighted by Crippen LogP contribution is -2.31. The van der Waals surface area contributed by atoms with E-state index in [1.807, 2.05) is 25.1 Å². The Balaban J connectivity index is 2.30. The molecule has 3 amide bonds. The zero-order valence-electron chi connectivity index (χ0n) is 11.0. The van der Waals surface area contributed by atoms with Crippen molar-refractivity contribution in [3.05, 3.63) is 35.5 Å². The van der Waals surface area contributed by atoms with E-state index in [1.165, 1.54) is 4.90 Å². The van der Waals surface area contributed by atoms with Gasteiger partial charge in [-0.15, -0.1) is 0 Å². The summed E-state index contributed by atoms with van der Waals surface area (Å²) >= 11 is 0. The Morgan fingerprint density at radius 1 is 1.32 bits per heavy atom. The van der Waals surface area contributed by atoms with E-state index in [-0.39, 0.29) is 17.6 Å². The lowest BCUT2D eigenvalue weighted by molar-refractivity contribution is -0.122. The van der Waals surface area contributed by atoms with Crippen molar-refractivity contribution in [2.24, 2.45) is 0 Å². The molecule has 1 aromatic carbocycles. The van der Waals surface area contributed by atoms with Gasteiger partial charge in [-0.05, 0) is 18.6 Å². The summed E-state index contributed by atoms with van der Waals surface area (Å²) in [6.45, 7) is 2.34. The van der Waals surface area contributed by atoms with Gasteiger partial charge < -0.3 is 10.1 Å². The van der Waals surface area contributed by atoms with Crippen LogP contribution < -0.4 is 10.1 Å². The van der Waals surface area contributed by atoms with Crippen molar-refractivity contribution in [1.82, 2.24) is 10.2 Å². The molecule has 1 fully saturated rings. The number of para-hydroxylation sites is 1. The summed E-state index contributed by atoms with van der Waals surface area (Å²) in [6.07, 6.45) is 2.37. The highest BCUT2D eigenvalue weighted by atomic mass is 16.5. The average Bonchev–Trinajstić information content (AvgIpc) is 2.67. The number of ether oxygens (including phenoxy) is 1. The monoisotopic (exact) mass is 260 g/mol. The number of methoxy groups -OCH3 is 1. The van der Waals surface area contributed by atoms with Gasteiger partial charge >= 0.3 is 6.03 Å². The van der Waals surface area contributed by atoms with Gasteiger partial charge in [-0.2, -0.15) is 0 Å². The number of hydrogen-bond acceptors (Lipinski definition) is 3. The van der Waals surface area contributed by atoms with Crippen LogP contribution in [0, 0.1) is 0 Å². The molecular weight excluding hydrogens is 244 g/mol. The fraction of sp³-hybridized carbons (Fsp3) is 0.286. The zero-order valence-corrected chi connectivity index (χ0v) is 11.0. The zero-order chi connectivity index (χ0) is 13.8. The van der Waals surface area contributed by atoms with Crippen LogP contribution in [0.15, 0.2) is 30.0 Å². The van der Waals surface area contributed by atoms with Crippen molar-refractivity contribution < 1.29 is 14.3 Å². The molecule has 0 bridgehead atoms. The molecule has 0 radical (unpaired) electrons. The number of nitrogens with zero attached hydrogens (tertiary/aromatic N) is 1. The van der Waals surface area contributed by atoms with Crippen molar-refractivity contribution in [1.29, 1.82) is 0 Å². The van der Waals surface area contributed by atoms with Gasteiger partial charge in [-0.1, -0.05) is 25.1 Å². The first kappa shape index (κ1) is 13.1. The SMILES string of the molecule is CCCN1C(=O)N/C(=C/c2ccccc2OC)C1=O. The van der Waals surface area contributed by atoms with Crippen LogP contribution >= 0.6 is 0 Å². The third-order valence-corrected chi connectivity index (χ3v) is 2.85. The summed E-state index contributed by atoms with van der Waals surface area (Å²) < 4.78 is 5.21. The molecule has 1 aliphatic heterocycles. The molecule has 1 N–H and O–H groups in total. The molecule has 0 atom stereocenters. The van der Waals surface area contributed by atoms with Gasteiger partial charge in [0.25, 0.3) is 5.91 Å². The van der Waals surface area contributed by atoms with Crippen molar-refractivity contribution in [3.8, 4) is 5.75 Å². The smallest absolute Gasteiger partial charge is 0.329 e. The van der Waals surface area contributed by atoms with Gasteiger partial charge in [-0.25, -0.2) is 4.79 Å². The molecule has 2 rings (SSSR count). The first-order valence-electron chi connectivity index (χ1n) is 6.15. The Labute approximate surface area is 111 Å². The van der Waals surface area contributed by atoms with Crippen LogP contribution in [0.3, 0.4) is 0 Å². The molecule has 0 aliphatic carbocycles. The number of hydrogen-bond donors (Lipinski definition) is 1. The number of rotatable bonds is 4. The van der Waals surface area contributed by atoms with E-state index in [0.717, 1.165) is 12.0 Å². The van der Waals surface area contributed by atoms with Gasteiger partial charge in [0.2, 0.25) is 0 Å². The van der Waals surface area contributed by atoms with Crippen LogP contribution in [0.4, 0.5) is 4.79 Å². The Bertz CT molecular complexity index is 537. The minimum Gasteiger partial charge on any atom is -0.496 e. The number of imide groups is 1. The maximum Gasteiger partial charge on any atom is 0.329 e. The maximum absolute atomic E-state index is 12.0. The predicted molar refractivity (Wildman–Crippen MR) is 71.5 cm³/mol. The van der Waals surface area contributed by atoms with E-state index in [9.17, 15) is 9.59 Å². The molecule has 0 spiro atoms. The predicted octanol–water partition coefficient (Wildman–Crippen LogP) is 2.00. The van der Waals surface area contributed by atoms with Gasteiger partial charge in [0.15, 0.2) is 0 Å². The van der Waals surface area contributed by atoms with Crippen molar-refractivity contribution >= 4 is 18.0 Å². The summed E-state index contributed by atoms with van der Waals surface area (Å²) in [5.74, 6) is 0.365. The van der Waals surface area contributed by atoms with E-state index >= 15 is 0 Å². The third-order valence-electron chi connectivity index (χ3n) is 2.85. The highest BCUT2D eigenvalue weighted by molar-refractivity contribution is 6.14. The summed E-state index contributed by atoms with van der Waals surface area (Å²) in [7, 11) is 1.57. The standard InChI is InChI=1S/C14H16N2O3/c1-3-8-16-13(17)11(15-14(16)18)9-10-6-4-5-7-12(10)19-2/h4-7,9H,3,8H2,1-2H3,(H,15,18)/b11-9+. The first-order valence-corrected chi connectivity index (χ1v) is 6.15. The molecular formula is C14H16N2O3. The Morgan fingerprint density at radius 2 is 2.05 bits per heavy atom. The minimum atomic E-state index is -0.368. The number of carbonyl (C=O) groups excluding carboxylic acids is 2. The highest BCUT2D eigenvalue weighted by Crippen LogP contribution is 2.22. The molecule has 0 saturated carbocycles. The van der Waals surface area contributed by atoms with Gasteiger partial charge in [-0.3, -0.25) is 9.69 Å². The molecule has 1 aliphatic rings. The molecule has 1 saturated heterocycles. The van der Waals surface area contributed by atoms with Crippen LogP contribution in [0.1, 0.15) is 18.9 Å². The van der Waals surface area contributed by atoms with E-state index < -0.39 is 0 Å². The van der Waals surface area contributed by atoms with Crippen molar-refractivity contribution in [3.63, 3.8) is 0 Å². The quantitative estimate of drug-likeness (QED) is 0.665. The largest absolute Gasteiger partial charge is 0.496 e. The number of carbonyl (C=O) groups is 2. The molecule has 19 heavy (non-hydrogen) atoms. The molecule has 1 aromatic rings. The van der Waals surface area contributed by atoms with E-state index in [1.54, 1.807) is 19.3 Å². The summed E-state index contributed by atoms with van der Waals surface area (Å²) in [5.41, 5.74) is 1.04. The van der Waals surface area contributed by atoms with E-state index in [4.69, 9.17) is 4.74 Å². The maximum atomic E-state index is 12.0. The van der Waals surface area contributed by atoms with Crippen molar-refractivity contribution in [2.75, 3.05) is 13.7 Å². The topological polar surface area (TPSA) is 58.6 Å². The van der Waals surface area contributed by atoms with Crippen LogP contribution in [-0.2, 0) is 4.79 Å². The fourth-order valence-corrected chi connectivity index (χ4v) is 1.94. The lowest BCUT2D eigenvalue weighted by atomic mass is 10.1. The summed E-state index contributed by atoms with van der Waals surface area (Å²) in [6, 6.07) is 6.96. The van der Waals surface area contributed by atoms with Crippen LogP contribution in [0.5, 0.6) is 5.75 Å². The molecule has 1 heterocycles. The minimum absolute atomic E-state index is 0.281. The second-order valence-corrected chi connectivity index (χ2v) is 4.19. The number of benzene rings is 1. The first-order chi connectivity index (χ1) is 9.17. The molecule has 100 valence electrons. The molecule has 0 unspecified atom stereocenters. The summed E-state index contributed by atoms with van der Waals surface area (Å²) in [5, 5.41) is 2.58. The van der Waals surface area contributed by atoms with Gasteiger partial charge in [0.05, 0.1) is 7.11 Å². The molecule has 5 heteroatoms. The summed E-state index contributed by atoms with van der Waals surface area (Å²) in [4.78, 5) is 24.9. The number of nitrogens with one attached hydrogen (secondary N) is 1. The normalized spacial score (nSPS) is 16.9. The van der Waals surface area contributed by atoms with Crippen LogP contribution in [0.25, 0.3) is 6.08 Å². The average molecular weight is 260 g/mol. The lowest BCUT2D eigenvalue weighted by Gasteiger charge is -2.08. The second kappa shape index (κ2) is 5.56. The van der Waals surface area contributed by atoms with Gasteiger partial charge in [0, 0.05) is 12.1 Å². The van der Waals surface area contributed by atoms with Crippen molar-refractivity contribution in [2.45, 2.75) is 13.3 Å². The van der Waals surface area contributed by atoms with Crippen LogP contribution in [-0.4, -0.2) is 30.5 Å². The Hall–Kier alpha value is -2.30. The van der Waals surface area contributed by atoms with E-state index in [0.29, 0.717) is 12.3 Å². The molecule has 0 aromatic heterocycles. The molecule has 5 nitrogen and oxygen atoms in total. The third kappa shape index (κ3) is 2.59. The van der Waals surface area contributed by atoms with Crippen LogP contribution in [0.2, 0.25) is 0 Å². The Kier molecular flexibility index (Phi) is 3.85. The van der Waals surface area contributed by atoms with Gasteiger partial charge in [0.1, 0.15) is 11.4 Å². The Morgan fingerprint density at radius 3 is 2.74 bits per heavy atom. The fourth-order valence-electron chi connectivity index (χ4n) is 1.94. The number of amides is 3.